The van der Waals surface area contributed by atoms with Crippen LogP contribution in [-0.4, -0.2) is 7.11 Å². The molecular formula is C8H8NO+. The minimum absolute atomic E-state index is 0.722. The molecule has 0 heterocycles. The van der Waals surface area contributed by atoms with E-state index in [-0.39, 0.29) is 0 Å². The van der Waals surface area contributed by atoms with Gasteiger partial charge in [0.2, 0.25) is 0 Å². The number of rotatable bonds is 1. The van der Waals surface area contributed by atoms with E-state index in [9.17, 15) is 0 Å². The first kappa shape index (κ1) is 6.63. The molecule has 50 valence electrons. The summed E-state index contributed by atoms with van der Waals surface area (Å²) in [6, 6.07) is 7.25. The molecule has 0 saturated carbocycles. The van der Waals surface area contributed by atoms with Crippen LogP contribution in [0, 0.1) is 6.57 Å². The predicted molar refractivity (Wildman–Crippen MR) is 41.0 cm³/mol. The quantitative estimate of drug-likeness (QED) is 0.574. The molecule has 10 heavy (non-hydrogen) atoms. The third kappa shape index (κ3) is 1.26. The molecule has 1 aromatic rings. The lowest BCUT2D eigenvalue weighted by Gasteiger charge is -1.93. The molecule has 0 aliphatic heterocycles. The summed E-state index contributed by atoms with van der Waals surface area (Å²) in [7, 11) is 1.61. The van der Waals surface area contributed by atoms with E-state index in [0.717, 1.165) is 11.4 Å². The van der Waals surface area contributed by atoms with Gasteiger partial charge in [-0.25, -0.2) is 0 Å². The molecule has 0 radical (unpaired) electrons. The molecule has 1 aromatic carbocycles. The molecular weight excluding hydrogens is 126 g/mol. The van der Waals surface area contributed by atoms with E-state index < -0.39 is 0 Å². The molecule has 0 aliphatic rings. The van der Waals surface area contributed by atoms with Crippen molar-refractivity contribution in [3.8, 4) is 12.3 Å². The lowest BCUT2D eigenvalue weighted by molar-refractivity contribution is 0.415. The van der Waals surface area contributed by atoms with Gasteiger partial charge in [-0.1, -0.05) is 6.07 Å². The zero-order valence-corrected chi connectivity index (χ0v) is 5.74. The highest BCUT2D eigenvalue weighted by molar-refractivity contribution is 5.49. The largest absolute Gasteiger partial charge is 0.496 e. The minimum Gasteiger partial charge on any atom is -0.496 e. The first-order valence-electron chi connectivity index (χ1n) is 2.92. The zero-order valence-electron chi connectivity index (χ0n) is 5.74. The predicted octanol–water partition coefficient (Wildman–Crippen LogP) is 2.29. The van der Waals surface area contributed by atoms with Crippen LogP contribution in [0.2, 0.25) is 0 Å². The van der Waals surface area contributed by atoms with E-state index in [2.05, 4.69) is 4.85 Å². The van der Waals surface area contributed by atoms with Crippen molar-refractivity contribution in [3.05, 3.63) is 29.1 Å². The summed E-state index contributed by atoms with van der Waals surface area (Å²) >= 11 is 0. The topological polar surface area (TPSA) is 13.6 Å². The summed E-state index contributed by atoms with van der Waals surface area (Å²) in [6.07, 6.45) is 0. The van der Waals surface area contributed by atoms with Gasteiger partial charge < -0.3 is 4.74 Å². The summed E-state index contributed by atoms with van der Waals surface area (Å²) in [4.78, 5) is 3.50. The van der Waals surface area contributed by atoms with Crippen molar-refractivity contribution in [2.75, 3.05) is 7.11 Å². The van der Waals surface area contributed by atoms with Crippen molar-refractivity contribution in [1.82, 2.24) is 0 Å². The van der Waals surface area contributed by atoms with Gasteiger partial charge in [0.25, 0.3) is 6.57 Å². The van der Waals surface area contributed by atoms with Gasteiger partial charge in [-0.05, 0) is 10.9 Å². The Morgan fingerprint density at radius 2 is 2.30 bits per heavy atom. The summed E-state index contributed by atoms with van der Waals surface area (Å²) < 4.78 is 4.94. The van der Waals surface area contributed by atoms with Crippen molar-refractivity contribution >= 4 is 5.69 Å². The number of hydrogen-bond donors (Lipinski definition) is 0. The van der Waals surface area contributed by atoms with Crippen LogP contribution in [0.5, 0.6) is 5.75 Å². The standard InChI is InChI=1S/C8H8NO/c1-9-7-4-3-5-8(6-7)10-2/h1,3-6H,2H3/q+1. The Balaban J connectivity index is 3.01. The van der Waals surface area contributed by atoms with E-state index >= 15 is 0 Å². The van der Waals surface area contributed by atoms with E-state index in [1.165, 1.54) is 0 Å². The summed E-state index contributed by atoms with van der Waals surface area (Å²) in [5, 5.41) is 0. The van der Waals surface area contributed by atoms with Crippen LogP contribution < -0.4 is 4.74 Å². The highest BCUT2D eigenvalue weighted by Crippen LogP contribution is 2.18. The maximum absolute atomic E-state index is 5.04. The second-order valence-corrected chi connectivity index (χ2v) is 1.83. The highest BCUT2D eigenvalue weighted by Gasteiger charge is 1.99. The van der Waals surface area contributed by atoms with Crippen molar-refractivity contribution in [1.29, 1.82) is 0 Å². The lowest BCUT2D eigenvalue weighted by atomic mass is 10.3. The molecule has 0 saturated heterocycles. The third-order valence-electron chi connectivity index (χ3n) is 1.20. The van der Waals surface area contributed by atoms with Gasteiger partial charge in [-0.2, -0.15) is 0 Å². The van der Waals surface area contributed by atoms with Crippen LogP contribution in [0.3, 0.4) is 0 Å². The number of nitrogens with zero attached hydrogens (tertiary/aromatic N) is 1. The van der Waals surface area contributed by atoms with E-state index in [1.54, 1.807) is 13.2 Å². The molecule has 0 amide bonds. The molecule has 1 rings (SSSR count). The van der Waals surface area contributed by atoms with Crippen LogP contribution in [0.25, 0.3) is 4.85 Å². The molecule has 0 unspecified atom stereocenters. The number of benzene rings is 1. The molecule has 0 spiro atoms. The van der Waals surface area contributed by atoms with Gasteiger partial charge >= 0.3 is 5.69 Å². The smallest absolute Gasteiger partial charge is 0.343 e. The summed E-state index contributed by atoms with van der Waals surface area (Å²) in [5.74, 6) is 0.770. The second-order valence-electron chi connectivity index (χ2n) is 1.83. The Hall–Kier alpha value is -1.49. The SMILES string of the molecule is C#[N+]c1cccc(OC)c1. The fourth-order valence-corrected chi connectivity index (χ4v) is 0.691. The van der Waals surface area contributed by atoms with Gasteiger partial charge in [0.05, 0.1) is 13.2 Å². The van der Waals surface area contributed by atoms with Crippen LogP contribution in [0.1, 0.15) is 0 Å². The third-order valence-corrected chi connectivity index (χ3v) is 1.20. The van der Waals surface area contributed by atoms with Crippen LogP contribution in [-0.2, 0) is 0 Å². The van der Waals surface area contributed by atoms with Crippen molar-refractivity contribution < 1.29 is 4.74 Å². The second kappa shape index (κ2) is 2.88. The maximum Gasteiger partial charge on any atom is 0.343 e. The molecule has 0 N–H and O–H groups in total. The maximum atomic E-state index is 5.04. The normalized spacial score (nSPS) is 8.40. The summed E-state index contributed by atoms with van der Waals surface area (Å²) in [5.41, 5.74) is 0.722. The molecule has 0 bridgehead atoms. The Bertz CT molecular complexity index is 262. The Kier molecular flexibility index (Phi) is 1.91. The van der Waals surface area contributed by atoms with Crippen LogP contribution in [0.15, 0.2) is 24.3 Å². The fraction of sp³-hybridized carbons (Fsp3) is 0.125. The van der Waals surface area contributed by atoms with Crippen LogP contribution in [0.4, 0.5) is 5.69 Å². The molecule has 0 aliphatic carbocycles. The van der Waals surface area contributed by atoms with E-state index in [1.807, 2.05) is 18.2 Å². The lowest BCUT2D eigenvalue weighted by Crippen LogP contribution is -1.79. The Morgan fingerprint density at radius 1 is 1.50 bits per heavy atom. The van der Waals surface area contributed by atoms with Crippen LogP contribution >= 0.6 is 0 Å². The van der Waals surface area contributed by atoms with Gasteiger partial charge in [0, 0.05) is 6.07 Å². The van der Waals surface area contributed by atoms with Crippen molar-refractivity contribution in [3.63, 3.8) is 0 Å². The Morgan fingerprint density at radius 3 is 2.90 bits per heavy atom. The van der Waals surface area contributed by atoms with Gasteiger partial charge in [0.15, 0.2) is 0 Å². The molecule has 2 heteroatoms. The number of methoxy groups -OCH3 is 1. The van der Waals surface area contributed by atoms with E-state index in [0.29, 0.717) is 0 Å². The van der Waals surface area contributed by atoms with Crippen molar-refractivity contribution in [2.24, 2.45) is 0 Å². The highest BCUT2D eigenvalue weighted by atomic mass is 16.5. The van der Waals surface area contributed by atoms with Gasteiger partial charge in [-0.3, -0.25) is 0 Å². The summed E-state index contributed by atoms with van der Waals surface area (Å²) in [6.45, 7) is 5.04. The minimum atomic E-state index is 0.722. The molecule has 0 fully saturated rings. The van der Waals surface area contributed by atoms with Gasteiger partial charge in [-0.15, -0.1) is 0 Å². The van der Waals surface area contributed by atoms with Gasteiger partial charge in [0.1, 0.15) is 5.75 Å². The molecule has 0 atom stereocenters. The van der Waals surface area contributed by atoms with Crippen molar-refractivity contribution in [2.45, 2.75) is 0 Å². The zero-order chi connectivity index (χ0) is 7.40. The average Bonchev–Trinajstić information content (AvgIpc) is 2.05. The average molecular weight is 134 g/mol. The number of hydrogen-bond acceptors (Lipinski definition) is 1. The number of ether oxygens (including phenoxy) is 1. The first-order valence-corrected chi connectivity index (χ1v) is 2.92. The fourth-order valence-electron chi connectivity index (χ4n) is 0.691. The van der Waals surface area contributed by atoms with E-state index in [4.69, 9.17) is 11.3 Å². The monoisotopic (exact) mass is 134 g/mol. The first-order chi connectivity index (χ1) is 4.86. The molecule has 0 aromatic heterocycles. The molecule has 2 nitrogen and oxygen atoms in total. The Labute approximate surface area is 59.9 Å².